The molecule has 0 spiro atoms. The lowest BCUT2D eigenvalue weighted by Gasteiger charge is -2.32. The first-order chi connectivity index (χ1) is 13.3. The Morgan fingerprint density at radius 2 is 1.61 bits per heavy atom. The third kappa shape index (κ3) is 4.65. The van der Waals surface area contributed by atoms with E-state index in [-0.39, 0.29) is 23.4 Å². The van der Waals surface area contributed by atoms with Crippen LogP contribution in [0.1, 0.15) is 39.1 Å². The van der Waals surface area contributed by atoms with Crippen molar-refractivity contribution in [3.8, 4) is 0 Å². The van der Waals surface area contributed by atoms with Crippen LogP contribution in [-0.4, -0.2) is 35.8 Å². The van der Waals surface area contributed by atoms with E-state index in [1.54, 1.807) is 29.2 Å². The quantitative estimate of drug-likeness (QED) is 0.815. The van der Waals surface area contributed by atoms with Gasteiger partial charge in [0.2, 0.25) is 0 Å². The number of nitrogens with one attached hydrogen (secondary N) is 1. The van der Waals surface area contributed by atoms with Crippen LogP contribution in [0.5, 0.6) is 0 Å². The molecule has 1 N–H and O–H groups in total. The second-order valence-electron chi connectivity index (χ2n) is 6.59. The molecule has 0 unspecified atom stereocenters. The minimum Gasteiger partial charge on any atom is -0.349 e. The van der Waals surface area contributed by atoms with E-state index in [0.29, 0.717) is 36.5 Å². The summed E-state index contributed by atoms with van der Waals surface area (Å²) in [4.78, 5) is 26.4. The van der Waals surface area contributed by atoms with Crippen molar-refractivity contribution in [2.45, 2.75) is 25.1 Å². The normalized spacial score (nSPS) is 15.4. The maximum absolute atomic E-state index is 12.6. The Kier molecular flexibility index (Phi) is 5.93. The first kappa shape index (κ1) is 20.2. The summed E-state index contributed by atoms with van der Waals surface area (Å²) in [5, 5.41) is 3.28. The Morgan fingerprint density at radius 1 is 1.00 bits per heavy atom. The number of carbonyl (C=O) groups is 2. The van der Waals surface area contributed by atoms with Gasteiger partial charge in [-0.05, 0) is 49.2 Å². The van der Waals surface area contributed by atoms with Gasteiger partial charge in [0.05, 0.1) is 16.1 Å². The molecule has 1 aliphatic rings. The van der Waals surface area contributed by atoms with Crippen molar-refractivity contribution in [1.82, 2.24) is 10.2 Å². The number of rotatable bonds is 3. The maximum atomic E-state index is 12.6. The monoisotopic (exact) mass is 410 g/mol. The average Bonchev–Trinajstić information content (AvgIpc) is 2.68. The van der Waals surface area contributed by atoms with Gasteiger partial charge in [0, 0.05) is 24.7 Å². The van der Waals surface area contributed by atoms with E-state index >= 15 is 0 Å². The van der Waals surface area contributed by atoms with Crippen LogP contribution < -0.4 is 5.32 Å². The van der Waals surface area contributed by atoms with Crippen LogP contribution in [0.3, 0.4) is 0 Å². The fourth-order valence-electron chi connectivity index (χ4n) is 3.12. The van der Waals surface area contributed by atoms with E-state index in [2.05, 4.69) is 5.32 Å². The molecule has 0 aromatic heterocycles. The third-order valence-corrected chi connectivity index (χ3v) is 5.02. The number of nitrogens with zero attached hydrogens (tertiary/aromatic N) is 1. The highest BCUT2D eigenvalue weighted by Gasteiger charge is 2.31. The van der Waals surface area contributed by atoms with Gasteiger partial charge in [-0.3, -0.25) is 9.59 Å². The molecule has 1 fully saturated rings. The van der Waals surface area contributed by atoms with Gasteiger partial charge in [-0.15, -0.1) is 0 Å². The van der Waals surface area contributed by atoms with Gasteiger partial charge in [0.1, 0.15) is 0 Å². The van der Waals surface area contributed by atoms with Crippen LogP contribution in [0.15, 0.2) is 48.5 Å². The van der Waals surface area contributed by atoms with E-state index in [1.807, 2.05) is 0 Å². The first-order valence-corrected chi connectivity index (χ1v) is 9.15. The highest BCUT2D eigenvalue weighted by molar-refractivity contribution is 6.33. The lowest BCUT2D eigenvalue weighted by Crippen LogP contribution is -2.46. The van der Waals surface area contributed by atoms with E-state index < -0.39 is 11.7 Å². The molecular formula is C20H18ClF3N2O2. The molecule has 1 heterocycles. The van der Waals surface area contributed by atoms with Crippen molar-refractivity contribution < 1.29 is 22.8 Å². The second-order valence-corrected chi connectivity index (χ2v) is 7.00. The molecule has 0 bridgehead atoms. The number of benzene rings is 2. The van der Waals surface area contributed by atoms with Crippen LogP contribution in [0.2, 0.25) is 5.02 Å². The van der Waals surface area contributed by atoms with Crippen LogP contribution in [0, 0.1) is 0 Å². The number of amides is 2. The largest absolute Gasteiger partial charge is 0.416 e. The standard InChI is InChI=1S/C20H18ClF3N2O2/c21-17-4-2-1-3-16(17)18(27)25-15-9-11-26(12-10-15)19(28)13-5-7-14(8-6-13)20(22,23)24/h1-8,15H,9-12H2,(H,25,27). The molecule has 1 saturated heterocycles. The van der Waals surface area contributed by atoms with Crippen LogP contribution in [-0.2, 0) is 6.18 Å². The number of piperidine rings is 1. The Labute approximate surface area is 165 Å². The number of carbonyl (C=O) groups excluding carboxylic acids is 2. The zero-order valence-electron chi connectivity index (χ0n) is 14.8. The lowest BCUT2D eigenvalue weighted by atomic mass is 10.0. The molecule has 0 saturated carbocycles. The van der Waals surface area contributed by atoms with Gasteiger partial charge >= 0.3 is 6.18 Å². The zero-order valence-corrected chi connectivity index (χ0v) is 15.6. The molecule has 2 amide bonds. The summed E-state index contributed by atoms with van der Waals surface area (Å²) < 4.78 is 37.9. The summed E-state index contributed by atoms with van der Waals surface area (Å²) in [7, 11) is 0. The first-order valence-electron chi connectivity index (χ1n) is 8.77. The fraction of sp³-hybridized carbons (Fsp3) is 0.300. The molecule has 0 radical (unpaired) electrons. The summed E-state index contributed by atoms with van der Waals surface area (Å²) in [6.07, 6.45) is -3.31. The van der Waals surface area contributed by atoms with Gasteiger partial charge in [0.25, 0.3) is 11.8 Å². The minimum atomic E-state index is -4.43. The highest BCUT2D eigenvalue weighted by Crippen LogP contribution is 2.29. The summed E-state index contributed by atoms with van der Waals surface area (Å²) in [5.41, 5.74) is -0.177. The van der Waals surface area contributed by atoms with Gasteiger partial charge in [0.15, 0.2) is 0 Å². The fourth-order valence-corrected chi connectivity index (χ4v) is 3.34. The van der Waals surface area contributed by atoms with Gasteiger partial charge in [-0.2, -0.15) is 13.2 Å². The summed E-state index contributed by atoms with van der Waals surface area (Å²) in [5.74, 6) is -0.581. The molecule has 28 heavy (non-hydrogen) atoms. The second kappa shape index (κ2) is 8.22. The van der Waals surface area contributed by atoms with Gasteiger partial charge in [-0.25, -0.2) is 0 Å². The van der Waals surface area contributed by atoms with Crippen LogP contribution in [0.25, 0.3) is 0 Å². The summed E-state index contributed by atoms with van der Waals surface area (Å²) in [6.45, 7) is 0.820. The Bertz CT molecular complexity index is 860. The predicted octanol–water partition coefficient (Wildman–Crippen LogP) is 4.39. The highest BCUT2D eigenvalue weighted by atomic mass is 35.5. The zero-order chi connectivity index (χ0) is 20.3. The maximum Gasteiger partial charge on any atom is 0.416 e. The number of likely N-dealkylation sites (tertiary alicyclic amines) is 1. The van der Waals surface area contributed by atoms with Crippen molar-refractivity contribution in [1.29, 1.82) is 0 Å². The van der Waals surface area contributed by atoms with Crippen molar-refractivity contribution >= 4 is 23.4 Å². The van der Waals surface area contributed by atoms with Crippen molar-refractivity contribution in [2.75, 3.05) is 13.1 Å². The van der Waals surface area contributed by atoms with Crippen molar-refractivity contribution in [2.24, 2.45) is 0 Å². The van der Waals surface area contributed by atoms with Crippen molar-refractivity contribution in [3.63, 3.8) is 0 Å². The van der Waals surface area contributed by atoms with Gasteiger partial charge in [-0.1, -0.05) is 23.7 Å². The SMILES string of the molecule is O=C(NC1CCN(C(=O)c2ccc(C(F)(F)F)cc2)CC1)c1ccccc1Cl. The van der Waals surface area contributed by atoms with E-state index in [0.717, 1.165) is 12.1 Å². The predicted molar refractivity (Wildman–Crippen MR) is 99.3 cm³/mol. The molecule has 2 aromatic carbocycles. The molecule has 4 nitrogen and oxygen atoms in total. The number of alkyl halides is 3. The Morgan fingerprint density at radius 3 is 2.18 bits per heavy atom. The average molecular weight is 411 g/mol. The number of hydrogen-bond acceptors (Lipinski definition) is 2. The topological polar surface area (TPSA) is 49.4 Å². The van der Waals surface area contributed by atoms with E-state index in [1.165, 1.54) is 12.1 Å². The van der Waals surface area contributed by atoms with Crippen LogP contribution in [0.4, 0.5) is 13.2 Å². The molecule has 8 heteroatoms. The lowest BCUT2D eigenvalue weighted by molar-refractivity contribution is -0.137. The number of halogens is 4. The number of hydrogen-bond donors (Lipinski definition) is 1. The summed E-state index contributed by atoms with van der Waals surface area (Å²) in [6, 6.07) is 10.8. The molecule has 0 atom stereocenters. The Hall–Kier alpha value is -2.54. The Balaban J connectivity index is 1.55. The molecule has 3 rings (SSSR count). The molecule has 0 aliphatic carbocycles. The third-order valence-electron chi connectivity index (χ3n) is 4.70. The van der Waals surface area contributed by atoms with Crippen LogP contribution >= 0.6 is 11.6 Å². The van der Waals surface area contributed by atoms with Gasteiger partial charge < -0.3 is 10.2 Å². The van der Waals surface area contributed by atoms with E-state index in [9.17, 15) is 22.8 Å². The molecular weight excluding hydrogens is 393 g/mol. The van der Waals surface area contributed by atoms with E-state index in [4.69, 9.17) is 11.6 Å². The molecule has 1 aliphatic heterocycles. The smallest absolute Gasteiger partial charge is 0.349 e. The minimum absolute atomic E-state index is 0.0968. The molecule has 2 aromatic rings. The summed E-state index contributed by atoms with van der Waals surface area (Å²) >= 11 is 6.02. The van der Waals surface area contributed by atoms with Crippen molar-refractivity contribution in [3.05, 3.63) is 70.2 Å². The molecule has 148 valence electrons.